The minimum Gasteiger partial charge on any atom is -0.397 e. The second-order valence-corrected chi connectivity index (χ2v) is 6.49. The van der Waals surface area contributed by atoms with Crippen LogP contribution in [0.1, 0.15) is 0 Å². The zero-order chi connectivity index (χ0) is 13.3. The first kappa shape index (κ1) is 12.9. The van der Waals surface area contributed by atoms with Crippen LogP contribution in [-0.2, 0) is 10.0 Å². The van der Waals surface area contributed by atoms with E-state index in [0.717, 1.165) is 8.78 Å². The fraction of sp³-hybridized carbons (Fsp3) is 0.100. The maximum absolute atomic E-state index is 12.2. The molecule has 0 unspecified atom stereocenters. The van der Waals surface area contributed by atoms with Gasteiger partial charge in [-0.3, -0.25) is 9.40 Å². The van der Waals surface area contributed by atoms with Crippen LogP contribution in [0.25, 0.3) is 0 Å². The highest BCUT2D eigenvalue weighted by atomic mass is 79.9. The van der Waals surface area contributed by atoms with Crippen LogP contribution in [0.2, 0.25) is 0 Å². The summed E-state index contributed by atoms with van der Waals surface area (Å²) in [6, 6.07) is 5.01. The maximum Gasteiger partial charge on any atom is 0.267 e. The second kappa shape index (κ2) is 4.62. The van der Waals surface area contributed by atoms with Gasteiger partial charge in [0.05, 0.1) is 17.6 Å². The molecule has 0 aliphatic rings. The normalized spacial score (nSPS) is 11.4. The number of H-pyrrole nitrogens is 1. The molecule has 8 heteroatoms. The van der Waals surface area contributed by atoms with E-state index in [1.54, 1.807) is 18.2 Å². The first-order chi connectivity index (χ1) is 8.43. The van der Waals surface area contributed by atoms with Crippen molar-refractivity contribution in [3.8, 4) is 0 Å². The van der Waals surface area contributed by atoms with Crippen LogP contribution in [0.4, 0.5) is 11.4 Å². The summed E-state index contributed by atoms with van der Waals surface area (Å²) in [5.41, 5.74) is 6.60. The highest BCUT2D eigenvalue weighted by Crippen LogP contribution is 2.29. The van der Waals surface area contributed by atoms with Crippen molar-refractivity contribution in [3.63, 3.8) is 0 Å². The third-order valence-electron chi connectivity index (χ3n) is 2.46. The van der Waals surface area contributed by atoms with Gasteiger partial charge in [0.2, 0.25) is 0 Å². The van der Waals surface area contributed by atoms with Crippen molar-refractivity contribution in [3.05, 3.63) is 35.1 Å². The lowest BCUT2D eigenvalue weighted by molar-refractivity contribution is 0.594. The van der Waals surface area contributed by atoms with E-state index in [1.807, 2.05) is 0 Å². The van der Waals surface area contributed by atoms with Crippen molar-refractivity contribution >= 4 is 37.3 Å². The van der Waals surface area contributed by atoms with Gasteiger partial charge in [-0.1, -0.05) is 15.9 Å². The molecule has 0 amide bonds. The van der Waals surface area contributed by atoms with E-state index in [0.29, 0.717) is 11.4 Å². The number of nitrogens with zero attached hydrogens (tertiary/aromatic N) is 2. The molecule has 1 aromatic carbocycles. The van der Waals surface area contributed by atoms with Gasteiger partial charge in [0.15, 0.2) is 0 Å². The Labute approximate surface area is 113 Å². The Morgan fingerprint density at radius 1 is 1.44 bits per heavy atom. The molecule has 2 aromatic rings. The number of benzene rings is 1. The molecule has 0 aliphatic heterocycles. The van der Waals surface area contributed by atoms with Gasteiger partial charge in [-0.2, -0.15) is 5.10 Å². The van der Waals surface area contributed by atoms with E-state index in [2.05, 4.69) is 26.1 Å². The lowest BCUT2D eigenvalue weighted by Crippen LogP contribution is -2.27. The smallest absolute Gasteiger partial charge is 0.267 e. The zero-order valence-corrected chi connectivity index (χ0v) is 11.9. The molecule has 0 bridgehead atoms. The molecule has 0 saturated carbocycles. The summed E-state index contributed by atoms with van der Waals surface area (Å²) in [7, 11) is -2.19. The third-order valence-corrected chi connectivity index (χ3v) is 4.69. The first-order valence-corrected chi connectivity index (χ1v) is 7.19. The van der Waals surface area contributed by atoms with E-state index in [1.165, 1.54) is 19.4 Å². The predicted octanol–water partition coefficient (Wildman–Crippen LogP) is 1.58. The van der Waals surface area contributed by atoms with Crippen molar-refractivity contribution in [2.75, 3.05) is 17.1 Å². The van der Waals surface area contributed by atoms with Crippen LogP contribution in [0, 0.1) is 0 Å². The Kier molecular flexibility index (Phi) is 3.31. The topological polar surface area (TPSA) is 92.1 Å². The number of anilines is 2. The molecule has 0 aliphatic carbocycles. The average molecular weight is 331 g/mol. The van der Waals surface area contributed by atoms with Gasteiger partial charge in [-0.05, 0) is 18.2 Å². The molecule has 6 nitrogen and oxygen atoms in total. The number of rotatable bonds is 3. The highest BCUT2D eigenvalue weighted by Gasteiger charge is 2.23. The van der Waals surface area contributed by atoms with Crippen molar-refractivity contribution < 1.29 is 8.42 Å². The Balaban J connectivity index is 2.46. The highest BCUT2D eigenvalue weighted by molar-refractivity contribution is 9.10. The molecule has 18 heavy (non-hydrogen) atoms. The SMILES string of the molecule is CN(c1ccc(Br)cc1N)S(=O)(=O)c1cn[nH]c1. The standard InChI is InChI=1S/C10H11BrN4O2S/c1-15(10-3-2-7(11)4-9(10)12)18(16,17)8-5-13-14-6-8/h2-6H,12H2,1H3,(H,13,14). The van der Waals surface area contributed by atoms with Crippen molar-refractivity contribution in [1.82, 2.24) is 10.2 Å². The number of aromatic amines is 1. The number of hydrogen-bond donors (Lipinski definition) is 2. The fourth-order valence-corrected chi connectivity index (χ4v) is 2.99. The fourth-order valence-electron chi connectivity index (χ4n) is 1.48. The number of nitrogens with two attached hydrogens (primary N) is 1. The summed E-state index contributed by atoms with van der Waals surface area (Å²) >= 11 is 3.27. The summed E-state index contributed by atoms with van der Waals surface area (Å²) in [5.74, 6) is 0. The minimum atomic E-state index is -3.64. The van der Waals surface area contributed by atoms with Crippen LogP contribution < -0.4 is 10.0 Å². The Hall–Kier alpha value is -1.54. The van der Waals surface area contributed by atoms with E-state index >= 15 is 0 Å². The molecule has 1 heterocycles. The first-order valence-electron chi connectivity index (χ1n) is 4.95. The summed E-state index contributed by atoms with van der Waals surface area (Å²) in [6.07, 6.45) is 2.57. The minimum absolute atomic E-state index is 0.0901. The quantitative estimate of drug-likeness (QED) is 0.835. The maximum atomic E-state index is 12.2. The van der Waals surface area contributed by atoms with Crippen LogP contribution in [0.3, 0.4) is 0 Å². The number of halogens is 1. The van der Waals surface area contributed by atoms with Gasteiger partial charge in [-0.25, -0.2) is 8.42 Å². The molecule has 1 aromatic heterocycles. The van der Waals surface area contributed by atoms with Gasteiger partial charge in [0, 0.05) is 17.7 Å². The number of hydrogen-bond acceptors (Lipinski definition) is 4. The number of nitrogen functional groups attached to an aromatic ring is 1. The molecular weight excluding hydrogens is 320 g/mol. The molecule has 0 atom stereocenters. The van der Waals surface area contributed by atoms with Crippen molar-refractivity contribution in [2.45, 2.75) is 4.90 Å². The van der Waals surface area contributed by atoms with Gasteiger partial charge in [-0.15, -0.1) is 0 Å². The van der Waals surface area contributed by atoms with Crippen LogP contribution in [0.15, 0.2) is 40.0 Å². The number of aromatic nitrogens is 2. The van der Waals surface area contributed by atoms with Crippen molar-refractivity contribution in [2.24, 2.45) is 0 Å². The van der Waals surface area contributed by atoms with Crippen molar-refractivity contribution in [1.29, 1.82) is 0 Å². The molecule has 3 N–H and O–H groups in total. The van der Waals surface area contributed by atoms with Crippen LogP contribution in [-0.4, -0.2) is 25.7 Å². The van der Waals surface area contributed by atoms with Crippen LogP contribution >= 0.6 is 15.9 Å². The van der Waals surface area contributed by atoms with E-state index in [9.17, 15) is 8.42 Å². The molecule has 0 fully saturated rings. The number of sulfonamides is 1. The van der Waals surface area contributed by atoms with E-state index in [4.69, 9.17) is 5.73 Å². The molecule has 96 valence electrons. The summed E-state index contributed by atoms with van der Waals surface area (Å²) in [5, 5.41) is 6.10. The van der Waals surface area contributed by atoms with Gasteiger partial charge in [0.25, 0.3) is 10.0 Å². The zero-order valence-electron chi connectivity index (χ0n) is 9.46. The Morgan fingerprint density at radius 3 is 2.72 bits per heavy atom. The summed E-state index contributed by atoms with van der Waals surface area (Å²) in [4.78, 5) is 0.0901. The molecule has 0 radical (unpaired) electrons. The van der Waals surface area contributed by atoms with Gasteiger partial charge in [0.1, 0.15) is 4.90 Å². The average Bonchev–Trinajstić information content (AvgIpc) is 2.82. The van der Waals surface area contributed by atoms with Gasteiger partial charge < -0.3 is 5.73 Å². The third kappa shape index (κ3) is 2.21. The monoisotopic (exact) mass is 330 g/mol. The molecular formula is C10H11BrN4O2S. The summed E-state index contributed by atoms with van der Waals surface area (Å²) in [6.45, 7) is 0. The summed E-state index contributed by atoms with van der Waals surface area (Å²) < 4.78 is 26.4. The van der Waals surface area contributed by atoms with Crippen LogP contribution in [0.5, 0.6) is 0 Å². The van der Waals surface area contributed by atoms with E-state index < -0.39 is 10.0 Å². The Bertz CT molecular complexity index is 655. The predicted molar refractivity (Wildman–Crippen MR) is 72.7 cm³/mol. The molecule has 0 spiro atoms. The largest absolute Gasteiger partial charge is 0.397 e. The lowest BCUT2D eigenvalue weighted by atomic mass is 10.3. The number of nitrogens with one attached hydrogen (secondary N) is 1. The second-order valence-electron chi connectivity index (χ2n) is 3.61. The lowest BCUT2D eigenvalue weighted by Gasteiger charge is -2.20. The van der Waals surface area contributed by atoms with Gasteiger partial charge >= 0.3 is 0 Å². The van der Waals surface area contributed by atoms with E-state index in [-0.39, 0.29) is 4.90 Å². The molecule has 2 rings (SSSR count). The Morgan fingerprint density at radius 2 is 2.17 bits per heavy atom. The molecule has 0 saturated heterocycles.